The maximum atomic E-state index is 12.3. The summed E-state index contributed by atoms with van der Waals surface area (Å²) in [6.45, 7) is 5.36. The van der Waals surface area contributed by atoms with Gasteiger partial charge in [-0.1, -0.05) is 6.92 Å². The minimum absolute atomic E-state index is 0.0184. The molecule has 3 atom stereocenters. The highest BCUT2D eigenvalue weighted by molar-refractivity contribution is 5.85. The van der Waals surface area contributed by atoms with E-state index in [-0.39, 0.29) is 36.1 Å². The molecular weight excluding hydrogens is 272 g/mol. The lowest BCUT2D eigenvalue weighted by Gasteiger charge is -2.40. The molecule has 0 spiro atoms. The van der Waals surface area contributed by atoms with Gasteiger partial charge in [0.05, 0.1) is 18.8 Å². The molecule has 2 aliphatic heterocycles. The molecule has 3 rings (SSSR count). The van der Waals surface area contributed by atoms with Crippen LogP contribution in [-0.2, 0) is 9.53 Å². The zero-order chi connectivity index (χ0) is 15.2. The third-order valence-corrected chi connectivity index (χ3v) is 5.39. The molecule has 3 aliphatic rings. The van der Waals surface area contributed by atoms with Crippen molar-refractivity contribution >= 4 is 5.91 Å². The number of hydrogen-bond acceptors (Lipinski definition) is 5. The van der Waals surface area contributed by atoms with Crippen molar-refractivity contribution in [2.24, 2.45) is 5.41 Å². The van der Waals surface area contributed by atoms with Crippen LogP contribution in [0.5, 0.6) is 0 Å². The Kier molecular flexibility index (Phi) is 3.98. The van der Waals surface area contributed by atoms with E-state index in [0.717, 1.165) is 38.8 Å². The zero-order valence-corrected chi connectivity index (χ0v) is 12.9. The van der Waals surface area contributed by atoms with Gasteiger partial charge in [0.1, 0.15) is 0 Å². The number of likely N-dealkylation sites (tertiary alicyclic amines) is 1. The van der Waals surface area contributed by atoms with Gasteiger partial charge >= 0.3 is 0 Å². The van der Waals surface area contributed by atoms with E-state index in [9.17, 15) is 15.0 Å². The summed E-state index contributed by atoms with van der Waals surface area (Å²) in [5.74, 6) is 0.284. The van der Waals surface area contributed by atoms with Crippen molar-refractivity contribution in [3.63, 3.8) is 0 Å². The third-order valence-electron chi connectivity index (χ3n) is 5.39. The summed E-state index contributed by atoms with van der Waals surface area (Å²) in [6.07, 6.45) is 2.56. The molecule has 2 saturated heterocycles. The first-order chi connectivity index (χ1) is 9.96. The summed E-state index contributed by atoms with van der Waals surface area (Å²) in [6, 6.07) is 0.00589. The monoisotopic (exact) mass is 298 g/mol. The summed E-state index contributed by atoms with van der Waals surface area (Å²) in [5, 5.41) is 19.6. The van der Waals surface area contributed by atoms with Gasteiger partial charge in [0, 0.05) is 24.5 Å². The number of carbonyl (C=O) groups is 1. The maximum absolute atomic E-state index is 12.3. The first-order valence-electron chi connectivity index (χ1n) is 7.97. The molecule has 2 N–H and O–H groups in total. The van der Waals surface area contributed by atoms with Crippen LogP contribution in [0, 0.1) is 5.41 Å². The first kappa shape index (κ1) is 15.2. The number of piperidine rings is 1. The topological polar surface area (TPSA) is 73.2 Å². The lowest BCUT2D eigenvalue weighted by molar-refractivity contribution is -0.165. The van der Waals surface area contributed by atoms with Crippen molar-refractivity contribution in [1.29, 1.82) is 0 Å². The number of aliphatic hydroxyl groups is 2. The SMILES string of the molecule is CC1OC(O)N(C2CCN(C(=O)C3(C)CC3)CC2)C1CO. The standard InChI is InChI=1S/C15H26N2O4/c1-10-12(9-18)17(14(20)21-10)11-3-7-16(8-4-11)13(19)15(2)5-6-15/h10-12,14,18,20H,3-9H2,1-2H3. The summed E-state index contributed by atoms with van der Waals surface area (Å²) in [5.41, 5.74) is -0.106. The molecule has 1 aliphatic carbocycles. The van der Waals surface area contributed by atoms with Crippen LogP contribution in [0.4, 0.5) is 0 Å². The van der Waals surface area contributed by atoms with Crippen LogP contribution in [0.15, 0.2) is 0 Å². The van der Waals surface area contributed by atoms with Crippen molar-refractivity contribution < 1.29 is 19.7 Å². The molecule has 3 fully saturated rings. The largest absolute Gasteiger partial charge is 0.395 e. The van der Waals surface area contributed by atoms with E-state index in [0.29, 0.717) is 0 Å². The van der Waals surface area contributed by atoms with Crippen molar-refractivity contribution in [2.75, 3.05) is 19.7 Å². The Morgan fingerprint density at radius 3 is 2.48 bits per heavy atom. The smallest absolute Gasteiger partial charge is 0.228 e. The van der Waals surface area contributed by atoms with E-state index in [1.807, 2.05) is 23.6 Å². The van der Waals surface area contributed by atoms with Crippen LogP contribution in [0.3, 0.4) is 0 Å². The molecule has 1 amide bonds. The highest BCUT2D eigenvalue weighted by Crippen LogP contribution is 2.47. The molecule has 0 aromatic heterocycles. The Balaban J connectivity index is 1.59. The molecule has 2 heterocycles. The summed E-state index contributed by atoms with van der Waals surface area (Å²) < 4.78 is 5.41. The molecule has 0 aromatic carbocycles. The van der Waals surface area contributed by atoms with Crippen LogP contribution in [0.2, 0.25) is 0 Å². The molecule has 1 saturated carbocycles. The Morgan fingerprint density at radius 2 is 1.95 bits per heavy atom. The Hall–Kier alpha value is -0.690. The average molecular weight is 298 g/mol. The zero-order valence-electron chi connectivity index (χ0n) is 12.9. The van der Waals surface area contributed by atoms with E-state index in [4.69, 9.17) is 4.74 Å². The van der Waals surface area contributed by atoms with Crippen LogP contribution in [-0.4, -0.2) is 70.2 Å². The first-order valence-corrected chi connectivity index (χ1v) is 7.97. The van der Waals surface area contributed by atoms with Gasteiger partial charge in [0.2, 0.25) is 12.3 Å². The number of ether oxygens (including phenoxy) is 1. The lowest BCUT2D eigenvalue weighted by atomic mass is 9.99. The average Bonchev–Trinajstić information content (AvgIpc) is 3.15. The van der Waals surface area contributed by atoms with Crippen LogP contribution >= 0.6 is 0 Å². The van der Waals surface area contributed by atoms with Crippen LogP contribution in [0.1, 0.15) is 39.5 Å². The predicted molar refractivity (Wildman–Crippen MR) is 76.2 cm³/mol. The van der Waals surface area contributed by atoms with E-state index in [2.05, 4.69) is 0 Å². The van der Waals surface area contributed by atoms with Gasteiger partial charge in [-0.3, -0.25) is 4.79 Å². The molecule has 21 heavy (non-hydrogen) atoms. The highest BCUT2D eigenvalue weighted by Gasteiger charge is 2.49. The van der Waals surface area contributed by atoms with Gasteiger partial charge in [0.25, 0.3) is 0 Å². The lowest BCUT2D eigenvalue weighted by Crippen LogP contribution is -2.53. The number of aliphatic hydroxyl groups excluding tert-OH is 2. The van der Waals surface area contributed by atoms with Crippen molar-refractivity contribution in [1.82, 2.24) is 9.80 Å². The number of nitrogens with zero attached hydrogens (tertiary/aromatic N) is 2. The minimum Gasteiger partial charge on any atom is -0.395 e. The fraction of sp³-hybridized carbons (Fsp3) is 0.933. The van der Waals surface area contributed by atoms with E-state index >= 15 is 0 Å². The fourth-order valence-electron chi connectivity index (χ4n) is 3.60. The Labute approximate surface area is 125 Å². The van der Waals surface area contributed by atoms with Gasteiger partial charge < -0.3 is 19.8 Å². The second kappa shape index (κ2) is 5.50. The van der Waals surface area contributed by atoms with Gasteiger partial charge in [0.15, 0.2) is 0 Å². The van der Waals surface area contributed by atoms with Crippen LogP contribution in [0.25, 0.3) is 0 Å². The summed E-state index contributed by atoms with van der Waals surface area (Å²) >= 11 is 0. The van der Waals surface area contributed by atoms with E-state index in [1.54, 1.807) is 0 Å². The van der Waals surface area contributed by atoms with Crippen molar-refractivity contribution in [2.45, 2.75) is 64.1 Å². The van der Waals surface area contributed by atoms with Gasteiger partial charge in [-0.25, -0.2) is 4.90 Å². The van der Waals surface area contributed by atoms with Gasteiger partial charge in [-0.15, -0.1) is 0 Å². The molecule has 0 aromatic rings. The molecular formula is C15H26N2O4. The normalized spacial score (nSPS) is 37.0. The molecule has 6 nitrogen and oxygen atoms in total. The molecule has 3 unspecified atom stereocenters. The van der Waals surface area contributed by atoms with E-state index < -0.39 is 6.41 Å². The van der Waals surface area contributed by atoms with Gasteiger partial charge in [-0.2, -0.15) is 0 Å². The maximum Gasteiger partial charge on any atom is 0.228 e. The highest BCUT2D eigenvalue weighted by atomic mass is 16.6. The number of hydrogen-bond donors (Lipinski definition) is 2. The fourth-order valence-corrected chi connectivity index (χ4v) is 3.60. The van der Waals surface area contributed by atoms with Crippen molar-refractivity contribution in [3.8, 4) is 0 Å². The van der Waals surface area contributed by atoms with Crippen molar-refractivity contribution in [3.05, 3.63) is 0 Å². The second-order valence-corrected chi connectivity index (χ2v) is 6.95. The van der Waals surface area contributed by atoms with E-state index in [1.165, 1.54) is 0 Å². The van der Waals surface area contributed by atoms with Crippen LogP contribution < -0.4 is 0 Å². The second-order valence-electron chi connectivity index (χ2n) is 6.95. The number of carbonyl (C=O) groups excluding carboxylic acids is 1. The summed E-state index contributed by atoms with van der Waals surface area (Å²) in [7, 11) is 0. The molecule has 6 heteroatoms. The molecule has 0 bridgehead atoms. The molecule has 0 radical (unpaired) electrons. The quantitative estimate of drug-likeness (QED) is 0.775. The number of rotatable bonds is 3. The Bertz CT molecular complexity index is 404. The Morgan fingerprint density at radius 1 is 1.33 bits per heavy atom. The summed E-state index contributed by atoms with van der Waals surface area (Å²) in [4.78, 5) is 16.2. The molecule has 120 valence electrons. The third kappa shape index (κ3) is 2.70. The van der Waals surface area contributed by atoms with Gasteiger partial charge in [-0.05, 0) is 32.6 Å². The minimum atomic E-state index is -0.939. The number of amides is 1. The predicted octanol–water partition coefficient (Wildman–Crippen LogP) is 0.135.